The van der Waals surface area contributed by atoms with Crippen LogP contribution in [0.25, 0.3) is 0 Å². The van der Waals surface area contributed by atoms with E-state index >= 15 is 0 Å². The summed E-state index contributed by atoms with van der Waals surface area (Å²) in [6.07, 6.45) is 1.57. The number of pyridine rings is 1. The molecule has 7 heteroatoms. The lowest BCUT2D eigenvalue weighted by Gasteiger charge is -2.32. The first-order valence-corrected chi connectivity index (χ1v) is 7.49. The molecule has 5 nitrogen and oxygen atoms in total. The minimum absolute atomic E-state index is 0.0471. The zero-order chi connectivity index (χ0) is 13.8. The van der Waals surface area contributed by atoms with E-state index < -0.39 is 5.97 Å². The summed E-state index contributed by atoms with van der Waals surface area (Å²) in [5.41, 5.74) is 0.944. The molecule has 0 amide bonds. The standard InChI is InChI=1S/C12H14Br2N2O3/c13-8-3-10(14)11(15-5-8)7-16-1-2-19-9(6-16)4-12(17)18/h3,5,9H,1-2,4,6-7H2,(H,17,18). The number of carbonyl (C=O) groups is 1. The number of carboxylic acids is 1. The molecule has 104 valence electrons. The van der Waals surface area contributed by atoms with Crippen molar-refractivity contribution in [2.24, 2.45) is 0 Å². The highest BCUT2D eigenvalue weighted by Crippen LogP contribution is 2.21. The van der Waals surface area contributed by atoms with E-state index in [1.54, 1.807) is 6.20 Å². The van der Waals surface area contributed by atoms with E-state index in [4.69, 9.17) is 9.84 Å². The van der Waals surface area contributed by atoms with Crippen molar-refractivity contribution in [3.8, 4) is 0 Å². The molecular weight excluding hydrogens is 380 g/mol. The molecule has 1 N–H and O–H groups in total. The fourth-order valence-corrected chi connectivity index (χ4v) is 3.13. The van der Waals surface area contributed by atoms with Crippen LogP contribution in [0, 0.1) is 0 Å². The van der Waals surface area contributed by atoms with Crippen molar-refractivity contribution in [3.63, 3.8) is 0 Å². The molecule has 1 aliphatic rings. The van der Waals surface area contributed by atoms with E-state index in [1.165, 1.54) is 0 Å². The van der Waals surface area contributed by atoms with Crippen molar-refractivity contribution in [1.82, 2.24) is 9.88 Å². The van der Waals surface area contributed by atoms with E-state index in [-0.39, 0.29) is 12.5 Å². The molecule has 19 heavy (non-hydrogen) atoms. The molecule has 1 aromatic rings. The highest BCUT2D eigenvalue weighted by atomic mass is 79.9. The number of nitrogens with zero attached hydrogens (tertiary/aromatic N) is 2. The van der Waals surface area contributed by atoms with Gasteiger partial charge in [-0.25, -0.2) is 0 Å². The summed E-state index contributed by atoms with van der Waals surface area (Å²) in [5.74, 6) is -0.824. The molecule has 1 aliphatic heterocycles. The van der Waals surface area contributed by atoms with E-state index in [0.717, 1.165) is 21.2 Å². The van der Waals surface area contributed by atoms with Gasteiger partial charge in [0, 0.05) is 34.8 Å². The number of halogens is 2. The third kappa shape index (κ3) is 4.52. The molecule has 1 atom stereocenters. The predicted octanol–water partition coefficient (Wildman–Crippen LogP) is 2.28. The number of aromatic nitrogens is 1. The summed E-state index contributed by atoms with van der Waals surface area (Å²) in [4.78, 5) is 17.2. The number of morpholine rings is 1. The van der Waals surface area contributed by atoms with Crippen LogP contribution in [0.5, 0.6) is 0 Å². The van der Waals surface area contributed by atoms with Gasteiger partial charge in [0.05, 0.1) is 24.8 Å². The van der Waals surface area contributed by atoms with Crippen LogP contribution >= 0.6 is 31.9 Å². The van der Waals surface area contributed by atoms with Crippen LogP contribution in [-0.4, -0.2) is 46.8 Å². The summed E-state index contributed by atoms with van der Waals surface area (Å²) in [6.45, 7) is 2.66. The second-order valence-electron chi connectivity index (χ2n) is 4.41. The first-order chi connectivity index (χ1) is 9.04. The second-order valence-corrected chi connectivity index (χ2v) is 6.18. The summed E-state index contributed by atoms with van der Waals surface area (Å²) < 4.78 is 7.32. The Hall–Kier alpha value is -0.500. The predicted molar refractivity (Wildman–Crippen MR) is 76.9 cm³/mol. The zero-order valence-electron chi connectivity index (χ0n) is 10.2. The van der Waals surface area contributed by atoms with Crippen LogP contribution in [-0.2, 0) is 16.1 Å². The highest BCUT2D eigenvalue weighted by molar-refractivity contribution is 9.11. The quantitative estimate of drug-likeness (QED) is 0.850. The number of carboxylic acid groups (broad SMARTS) is 1. The summed E-state index contributed by atoms with van der Waals surface area (Å²) in [7, 11) is 0. The first-order valence-electron chi connectivity index (χ1n) is 5.90. The van der Waals surface area contributed by atoms with Gasteiger partial charge in [-0.1, -0.05) is 0 Å². The van der Waals surface area contributed by atoms with Crippen molar-refractivity contribution in [2.75, 3.05) is 19.7 Å². The molecule has 1 saturated heterocycles. The average molecular weight is 394 g/mol. The van der Waals surface area contributed by atoms with Gasteiger partial charge in [0.25, 0.3) is 0 Å². The average Bonchev–Trinajstić information content (AvgIpc) is 2.32. The zero-order valence-corrected chi connectivity index (χ0v) is 13.4. The normalized spacial score (nSPS) is 20.4. The van der Waals surface area contributed by atoms with Gasteiger partial charge in [-0.15, -0.1) is 0 Å². The topological polar surface area (TPSA) is 62.7 Å². The Balaban J connectivity index is 1.96. The Labute approximate surface area is 128 Å². The Bertz CT molecular complexity index is 470. The minimum atomic E-state index is -0.824. The van der Waals surface area contributed by atoms with Gasteiger partial charge in [0.15, 0.2) is 0 Å². The van der Waals surface area contributed by atoms with Crippen LogP contribution in [0.4, 0.5) is 0 Å². The first kappa shape index (κ1) is 14.9. The number of hydrogen-bond acceptors (Lipinski definition) is 4. The molecule has 2 rings (SSSR count). The lowest BCUT2D eigenvalue weighted by atomic mass is 10.2. The molecule has 2 heterocycles. The van der Waals surface area contributed by atoms with Crippen LogP contribution in [0.2, 0.25) is 0 Å². The van der Waals surface area contributed by atoms with Crippen molar-refractivity contribution >= 4 is 37.8 Å². The lowest BCUT2D eigenvalue weighted by Crippen LogP contribution is -2.42. The van der Waals surface area contributed by atoms with Crippen molar-refractivity contribution < 1.29 is 14.6 Å². The third-order valence-corrected chi connectivity index (χ3v) is 4.00. The molecule has 1 unspecified atom stereocenters. The second kappa shape index (κ2) is 6.78. The molecule has 1 fully saturated rings. The number of rotatable bonds is 4. The minimum Gasteiger partial charge on any atom is -0.481 e. The molecule has 0 aromatic carbocycles. The fraction of sp³-hybridized carbons (Fsp3) is 0.500. The molecule has 0 aliphatic carbocycles. The molecule has 0 bridgehead atoms. The Morgan fingerprint density at radius 1 is 1.58 bits per heavy atom. The lowest BCUT2D eigenvalue weighted by molar-refractivity contribution is -0.142. The fourth-order valence-electron chi connectivity index (χ4n) is 2.01. The van der Waals surface area contributed by atoms with Crippen LogP contribution < -0.4 is 0 Å². The van der Waals surface area contributed by atoms with E-state index in [9.17, 15) is 4.79 Å². The van der Waals surface area contributed by atoms with Gasteiger partial charge in [-0.2, -0.15) is 0 Å². The molecule has 0 spiro atoms. The third-order valence-electron chi connectivity index (χ3n) is 2.88. The monoisotopic (exact) mass is 392 g/mol. The van der Waals surface area contributed by atoms with Crippen molar-refractivity contribution in [1.29, 1.82) is 0 Å². The SMILES string of the molecule is O=C(O)CC1CN(Cc2ncc(Br)cc2Br)CCO1. The van der Waals surface area contributed by atoms with Crippen LogP contribution in [0.3, 0.4) is 0 Å². The summed E-state index contributed by atoms with van der Waals surface area (Å²) >= 11 is 6.85. The van der Waals surface area contributed by atoms with Gasteiger partial charge in [-0.3, -0.25) is 14.7 Å². The van der Waals surface area contributed by atoms with Gasteiger partial charge < -0.3 is 9.84 Å². The number of aliphatic carboxylic acids is 1. The smallest absolute Gasteiger partial charge is 0.306 e. The largest absolute Gasteiger partial charge is 0.481 e. The van der Waals surface area contributed by atoms with Crippen LogP contribution in [0.1, 0.15) is 12.1 Å². The highest BCUT2D eigenvalue weighted by Gasteiger charge is 2.23. The molecule has 0 saturated carbocycles. The van der Waals surface area contributed by atoms with Crippen LogP contribution in [0.15, 0.2) is 21.2 Å². The number of hydrogen-bond donors (Lipinski definition) is 1. The number of ether oxygens (including phenoxy) is 1. The maximum atomic E-state index is 10.7. The van der Waals surface area contributed by atoms with E-state index in [1.807, 2.05) is 6.07 Å². The van der Waals surface area contributed by atoms with Gasteiger partial charge >= 0.3 is 5.97 Å². The maximum absolute atomic E-state index is 10.7. The Morgan fingerprint density at radius 3 is 3.05 bits per heavy atom. The summed E-state index contributed by atoms with van der Waals surface area (Å²) in [6, 6.07) is 1.96. The van der Waals surface area contributed by atoms with Gasteiger partial charge in [-0.05, 0) is 37.9 Å². The van der Waals surface area contributed by atoms with Crippen molar-refractivity contribution in [3.05, 3.63) is 26.9 Å². The van der Waals surface area contributed by atoms with Gasteiger partial charge in [0.2, 0.25) is 0 Å². The summed E-state index contributed by atoms with van der Waals surface area (Å²) in [5, 5.41) is 8.79. The maximum Gasteiger partial charge on any atom is 0.306 e. The van der Waals surface area contributed by atoms with Gasteiger partial charge in [0.1, 0.15) is 0 Å². The Morgan fingerprint density at radius 2 is 2.37 bits per heavy atom. The molecular formula is C12H14Br2N2O3. The van der Waals surface area contributed by atoms with Crippen molar-refractivity contribution in [2.45, 2.75) is 19.1 Å². The Kier molecular flexibility index (Phi) is 5.32. The van der Waals surface area contributed by atoms with E-state index in [0.29, 0.717) is 19.7 Å². The van der Waals surface area contributed by atoms with E-state index in [2.05, 4.69) is 41.7 Å². The molecule has 0 radical (unpaired) electrons. The molecule has 1 aromatic heterocycles.